The average molecular weight is 571 g/mol. The molecule has 0 spiro atoms. The SMILES string of the molecule is CCC1=C(C)c2cc3nc(c(-c4ccc(O)cc4)c4[nH]c(cc5[nH]c(cc1n2)c(CC)c5C)c(CC)c4C)C(C)=C3CC. The first-order valence-corrected chi connectivity index (χ1v) is 15.7. The highest BCUT2D eigenvalue weighted by Crippen LogP contribution is 2.42. The molecule has 4 aromatic rings. The van der Waals surface area contributed by atoms with Crippen molar-refractivity contribution in [1.29, 1.82) is 0 Å². The molecule has 5 heteroatoms. The summed E-state index contributed by atoms with van der Waals surface area (Å²) in [6, 6.07) is 14.2. The Morgan fingerprint density at radius 2 is 1.21 bits per heavy atom. The fourth-order valence-electron chi connectivity index (χ4n) is 7.08. The van der Waals surface area contributed by atoms with E-state index in [0.717, 1.165) is 81.7 Å². The number of nitrogens with zero attached hydrogens (tertiary/aromatic N) is 2. The van der Waals surface area contributed by atoms with Crippen LogP contribution in [0.2, 0.25) is 0 Å². The number of aromatic amines is 2. The molecule has 3 N–H and O–H groups in total. The summed E-state index contributed by atoms with van der Waals surface area (Å²) < 4.78 is 0. The van der Waals surface area contributed by atoms with Crippen molar-refractivity contribution in [3.05, 3.63) is 87.5 Å². The third-order valence-corrected chi connectivity index (χ3v) is 9.50. The van der Waals surface area contributed by atoms with Crippen molar-refractivity contribution in [2.24, 2.45) is 0 Å². The highest BCUT2D eigenvalue weighted by atomic mass is 16.3. The van der Waals surface area contributed by atoms with Crippen LogP contribution in [0.5, 0.6) is 5.75 Å². The van der Waals surface area contributed by atoms with Gasteiger partial charge in [-0.3, -0.25) is 0 Å². The van der Waals surface area contributed by atoms with E-state index in [2.05, 4.69) is 83.6 Å². The Hall–Kier alpha value is -4.38. The van der Waals surface area contributed by atoms with Crippen LogP contribution in [0.15, 0.2) is 42.5 Å². The summed E-state index contributed by atoms with van der Waals surface area (Å²) in [5.74, 6) is 0.251. The maximum Gasteiger partial charge on any atom is 0.115 e. The first-order chi connectivity index (χ1) is 20.7. The number of aryl methyl sites for hydroxylation is 4. The van der Waals surface area contributed by atoms with Crippen molar-refractivity contribution in [2.75, 3.05) is 0 Å². The number of nitrogens with one attached hydrogen (secondary N) is 2. The van der Waals surface area contributed by atoms with Gasteiger partial charge in [-0.25, -0.2) is 9.97 Å². The second-order valence-corrected chi connectivity index (χ2v) is 11.8. The molecule has 43 heavy (non-hydrogen) atoms. The van der Waals surface area contributed by atoms with Crippen molar-refractivity contribution < 1.29 is 5.11 Å². The predicted molar refractivity (Wildman–Crippen MR) is 182 cm³/mol. The van der Waals surface area contributed by atoms with Crippen LogP contribution in [0.1, 0.15) is 99.4 Å². The van der Waals surface area contributed by atoms with Crippen LogP contribution in [-0.2, 0) is 12.8 Å². The first kappa shape index (κ1) is 28.7. The highest BCUT2D eigenvalue weighted by molar-refractivity contribution is 6.01. The first-order valence-electron chi connectivity index (χ1n) is 15.7. The van der Waals surface area contributed by atoms with E-state index in [1.165, 1.54) is 44.5 Å². The van der Waals surface area contributed by atoms with E-state index in [0.29, 0.717) is 0 Å². The fourth-order valence-corrected chi connectivity index (χ4v) is 7.08. The number of aromatic nitrogens is 4. The van der Waals surface area contributed by atoms with Crippen molar-refractivity contribution in [3.8, 4) is 16.9 Å². The van der Waals surface area contributed by atoms with Gasteiger partial charge in [0.15, 0.2) is 0 Å². The maximum absolute atomic E-state index is 10.2. The molecule has 0 saturated heterocycles. The number of rotatable bonds is 5. The van der Waals surface area contributed by atoms with Crippen molar-refractivity contribution >= 4 is 44.4 Å². The average Bonchev–Trinajstić information content (AvgIpc) is 3.66. The molecular weight excluding hydrogens is 528 g/mol. The molecule has 5 heterocycles. The second kappa shape index (κ2) is 11.0. The summed E-state index contributed by atoms with van der Waals surface area (Å²) in [6.45, 7) is 17.7. The lowest BCUT2D eigenvalue weighted by molar-refractivity contribution is 0.475. The van der Waals surface area contributed by atoms with Gasteiger partial charge in [0.25, 0.3) is 0 Å². The Bertz CT molecular complexity index is 2000. The van der Waals surface area contributed by atoms with E-state index in [1.807, 2.05) is 12.1 Å². The minimum atomic E-state index is 0.251. The molecule has 8 bridgehead atoms. The van der Waals surface area contributed by atoms with Gasteiger partial charge < -0.3 is 15.1 Å². The van der Waals surface area contributed by atoms with Gasteiger partial charge in [-0.05, 0) is 134 Å². The Labute approximate surface area is 254 Å². The number of hydrogen-bond donors (Lipinski definition) is 3. The van der Waals surface area contributed by atoms with Gasteiger partial charge in [0.05, 0.1) is 28.3 Å². The Morgan fingerprint density at radius 1 is 0.605 bits per heavy atom. The molecule has 1 aromatic carbocycles. The molecule has 0 fully saturated rings. The molecule has 2 aliphatic rings. The lowest BCUT2D eigenvalue weighted by Crippen LogP contribution is -1.89. The normalized spacial score (nSPS) is 13.4. The number of aromatic hydroxyl groups is 1. The van der Waals surface area contributed by atoms with Gasteiger partial charge in [-0.2, -0.15) is 0 Å². The van der Waals surface area contributed by atoms with Gasteiger partial charge in [0.2, 0.25) is 0 Å². The quantitative estimate of drug-likeness (QED) is 0.223. The number of benzene rings is 1. The Balaban J connectivity index is 1.88. The summed E-state index contributed by atoms with van der Waals surface area (Å²) in [6.07, 6.45) is 3.64. The van der Waals surface area contributed by atoms with Gasteiger partial charge in [-0.15, -0.1) is 0 Å². The zero-order valence-corrected chi connectivity index (χ0v) is 26.7. The van der Waals surface area contributed by atoms with Gasteiger partial charge >= 0.3 is 0 Å². The number of phenols is 1. The van der Waals surface area contributed by atoms with E-state index < -0.39 is 0 Å². The standard InChI is InChI=1S/C38H42N4O/c1-9-26-20(5)30-17-34-28(11-3)22(7)37(41-34)36(24-13-15-25(43)16-14-24)38-23(8)29(12-4)35(42-38)18-31-21(6)27(10-2)33(40-31)19-32(26)39-30/h13-19,39,41,43H,9-12H2,1-8H3. The molecule has 0 unspecified atom stereocenters. The number of H-pyrrole nitrogens is 2. The minimum absolute atomic E-state index is 0.251. The van der Waals surface area contributed by atoms with E-state index in [1.54, 1.807) is 12.1 Å². The molecule has 0 radical (unpaired) electrons. The van der Waals surface area contributed by atoms with Crippen LogP contribution in [0, 0.1) is 13.8 Å². The molecule has 220 valence electrons. The molecule has 0 saturated carbocycles. The minimum Gasteiger partial charge on any atom is -0.508 e. The van der Waals surface area contributed by atoms with Crippen LogP contribution in [-0.4, -0.2) is 25.0 Å². The summed E-state index contributed by atoms with van der Waals surface area (Å²) >= 11 is 0. The van der Waals surface area contributed by atoms with Crippen LogP contribution >= 0.6 is 0 Å². The largest absolute Gasteiger partial charge is 0.508 e. The van der Waals surface area contributed by atoms with E-state index in [9.17, 15) is 5.11 Å². The zero-order chi connectivity index (χ0) is 30.6. The highest BCUT2D eigenvalue weighted by Gasteiger charge is 2.24. The number of hydrogen-bond acceptors (Lipinski definition) is 3. The molecule has 6 rings (SSSR count). The van der Waals surface area contributed by atoms with Crippen molar-refractivity contribution in [3.63, 3.8) is 0 Å². The molecule has 5 nitrogen and oxygen atoms in total. The number of allylic oxidation sites excluding steroid dienone is 4. The summed E-state index contributed by atoms with van der Waals surface area (Å²) in [5.41, 5.74) is 20.5. The van der Waals surface area contributed by atoms with E-state index >= 15 is 0 Å². The van der Waals surface area contributed by atoms with Crippen LogP contribution in [0.3, 0.4) is 0 Å². The van der Waals surface area contributed by atoms with Crippen LogP contribution in [0.4, 0.5) is 0 Å². The fraction of sp³-hybridized carbons (Fsp3) is 0.316. The molecule has 0 aliphatic carbocycles. The second-order valence-electron chi connectivity index (χ2n) is 11.8. The van der Waals surface area contributed by atoms with E-state index in [4.69, 9.17) is 9.97 Å². The van der Waals surface area contributed by atoms with Crippen LogP contribution < -0.4 is 0 Å². The van der Waals surface area contributed by atoms with E-state index in [-0.39, 0.29) is 5.75 Å². The summed E-state index contributed by atoms with van der Waals surface area (Å²) in [7, 11) is 0. The third kappa shape index (κ3) is 4.62. The molecular formula is C38H42N4O. The number of phenolic OH excluding ortho intramolecular Hbond substituents is 1. The number of fused-ring (bicyclic) bond motifs is 8. The summed E-state index contributed by atoms with van der Waals surface area (Å²) in [5, 5.41) is 10.2. The monoisotopic (exact) mass is 570 g/mol. The lowest BCUT2D eigenvalue weighted by atomic mass is 9.95. The lowest BCUT2D eigenvalue weighted by Gasteiger charge is -2.08. The van der Waals surface area contributed by atoms with Crippen molar-refractivity contribution in [1.82, 2.24) is 19.9 Å². The zero-order valence-electron chi connectivity index (χ0n) is 26.7. The smallest absolute Gasteiger partial charge is 0.115 e. The molecule has 3 aromatic heterocycles. The predicted octanol–water partition coefficient (Wildman–Crippen LogP) is 10.1. The molecule has 0 atom stereocenters. The van der Waals surface area contributed by atoms with Gasteiger partial charge in [0, 0.05) is 22.1 Å². The van der Waals surface area contributed by atoms with Crippen LogP contribution in [0.25, 0.3) is 55.5 Å². The molecule has 2 aliphatic heterocycles. The maximum atomic E-state index is 10.2. The molecule has 0 amide bonds. The third-order valence-electron chi connectivity index (χ3n) is 9.50. The summed E-state index contributed by atoms with van der Waals surface area (Å²) in [4.78, 5) is 18.2. The van der Waals surface area contributed by atoms with Gasteiger partial charge in [-0.1, -0.05) is 39.8 Å². The van der Waals surface area contributed by atoms with Gasteiger partial charge in [0.1, 0.15) is 5.75 Å². The Kier molecular flexibility index (Phi) is 7.37. The Morgan fingerprint density at radius 3 is 1.86 bits per heavy atom. The topological polar surface area (TPSA) is 77.6 Å². The van der Waals surface area contributed by atoms with Crippen molar-refractivity contribution in [2.45, 2.75) is 81.1 Å².